The standard InChI is InChI=1S/C24H37N5O5/c1-7-15-10-11-18(19(25)30)29(15)20(31)24(26,21(32)34-23(2,3)4)14-12-16-8-9-17(13-14)28(16)22(33)27(5)6/h1,14-18H,8-13,26H2,2-6H3,(H2,25,30)/t14?,15-,16?,17?,18-,24-/m0/s1. The number of fused-ring (bicyclic) bond motifs is 2. The third kappa shape index (κ3) is 4.45. The van der Waals surface area contributed by atoms with Gasteiger partial charge in [-0.3, -0.25) is 9.59 Å². The van der Waals surface area contributed by atoms with Gasteiger partial charge in [0.15, 0.2) is 5.54 Å². The summed E-state index contributed by atoms with van der Waals surface area (Å²) in [7, 11) is 3.39. The first-order valence-corrected chi connectivity index (χ1v) is 11.8. The van der Waals surface area contributed by atoms with Crippen molar-refractivity contribution < 1.29 is 23.9 Å². The van der Waals surface area contributed by atoms with Crippen LogP contribution in [0, 0.1) is 18.3 Å². The second-order valence-corrected chi connectivity index (χ2v) is 10.9. The molecule has 10 nitrogen and oxygen atoms in total. The van der Waals surface area contributed by atoms with Gasteiger partial charge in [-0.05, 0) is 59.3 Å². The van der Waals surface area contributed by atoms with Crippen LogP contribution >= 0.6 is 0 Å². The maximum absolute atomic E-state index is 14.0. The summed E-state index contributed by atoms with van der Waals surface area (Å²) in [5, 5.41) is 0. The molecule has 3 aliphatic rings. The minimum Gasteiger partial charge on any atom is -0.458 e. The molecule has 3 heterocycles. The summed E-state index contributed by atoms with van der Waals surface area (Å²) in [6.45, 7) is 5.10. The Bertz CT molecular complexity index is 892. The molecule has 0 radical (unpaired) electrons. The highest BCUT2D eigenvalue weighted by atomic mass is 16.6. The number of ether oxygens (including phenoxy) is 1. The molecule has 5 atom stereocenters. The number of terminal acetylenes is 1. The molecule has 10 heteroatoms. The van der Waals surface area contributed by atoms with Gasteiger partial charge in [-0.15, -0.1) is 6.42 Å². The Morgan fingerprint density at radius 1 is 1.00 bits per heavy atom. The van der Waals surface area contributed by atoms with Gasteiger partial charge in [0.05, 0.1) is 6.04 Å². The van der Waals surface area contributed by atoms with E-state index in [1.165, 1.54) is 9.80 Å². The lowest BCUT2D eigenvalue weighted by Gasteiger charge is -2.46. The van der Waals surface area contributed by atoms with Gasteiger partial charge in [-0.25, -0.2) is 9.59 Å². The van der Waals surface area contributed by atoms with Gasteiger partial charge >= 0.3 is 12.0 Å². The Kier molecular flexibility index (Phi) is 6.91. The summed E-state index contributed by atoms with van der Waals surface area (Å²) in [6.07, 6.45) is 8.62. The van der Waals surface area contributed by atoms with Crippen LogP contribution in [0.1, 0.15) is 59.3 Å². The van der Waals surface area contributed by atoms with Crippen molar-refractivity contribution in [2.75, 3.05) is 14.1 Å². The predicted octanol–water partition coefficient (Wildman–Crippen LogP) is 0.428. The van der Waals surface area contributed by atoms with E-state index in [1.807, 2.05) is 4.90 Å². The summed E-state index contributed by atoms with van der Waals surface area (Å²) in [6, 6.07) is -2.03. The Labute approximate surface area is 201 Å². The Morgan fingerprint density at radius 2 is 1.56 bits per heavy atom. The molecule has 0 spiro atoms. The number of amides is 4. The Hall–Kier alpha value is -2.80. The largest absolute Gasteiger partial charge is 0.458 e. The second-order valence-electron chi connectivity index (χ2n) is 10.9. The number of hydrogen-bond acceptors (Lipinski definition) is 6. The Balaban J connectivity index is 2.00. The predicted molar refractivity (Wildman–Crippen MR) is 125 cm³/mol. The first-order chi connectivity index (χ1) is 15.7. The zero-order valence-corrected chi connectivity index (χ0v) is 20.7. The number of nitrogens with zero attached hydrogens (tertiary/aromatic N) is 3. The summed E-state index contributed by atoms with van der Waals surface area (Å²) in [5.74, 6) is -0.332. The van der Waals surface area contributed by atoms with Gasteiger partial charge in [0, 0.05) is 32.1 Å². The van der Waals surface area contributed by atoms with E-state index in [9.17, 15) is 19.2 Å². The van der Waals surface area contributed by atoms with E-state index < -0.39 is 46.9 Å². The van der Waals surface area contributed by atoms with Gasteiger partial charge in [0.2, 0.25) is 5.91 Å². The topological polar surface area (TPSA) is 139 Å². The number of likely N-dealkylation sites (tertiary alicyclic amines) is 1. The number of carbonyl (C=O) groups excluding carboxylic acids is 4. The monoisotopic (exact) mass is 475 g/mol. The molecule has 3 aliphatic heterocycles. The fourth-order valence-corrected chi connectivity index (χ4v) is 5.63. The maximum Gasteiger partial charge on any atom is 0.336 e. The van der Waals surface area contributed by atoms with E-state index in [-0.39, 0.29) is 18.1 Å². The van der Waals surface area contributed by atoms with E-state index in [0.717, 1.165) is 12.8 Å². The van der Waals surface area contributed by atoms with Crippen LogP contribution in [0.3, 0.4) is 0 Å². The molecular formula is C24H37N5O5. The fraction of sp³-hybridized carbons (Fsp3) is 0.750. The van der Waals surface area contributed by atoms with Crippen LogP contribution in [-0.4, -0.2) is 87.9 Å². The minimum atomic E-state index is -2.06. The van der Waals surface area contributed by atoms with Crippen molar-refractivity contribution in [3.8, 4) is 12.3 Å². The maximum atomic E-state index is 14.0. The van der Waals surface area contributed by atoms with Crippen molar-refractivity contribution in [2.45, 2.75) is 94.6 Å². The number of carbonyl (C=O) groups is 4. The molecule has 0 aromatic carbocycles. The highest BCUT2D eigenvalue weighted by Crippen LogP contribution is 2.44. The van der Waals surface area contributed by atoms with Crippen molar-refractivity contribution in [3.05, 3.63) is 0 Å². The van der Waals surface area contributed by atoms with Crippen LogP contribution in [0.15, 0.2) is 0 Å². The third-order valence-corrected chi connectivity index (χ3v) is 7.21. The van der Waals surface area contributed by atoms with Crippen LogP contribution in [0.2, 0.25) is 0 Å². The lowest BCUT2D eigenvalue weighted by Crippen LogP contribution is -2.70. The van der Waals surface area contributed by atoms with Crippen molar-refractivity contribution in [1.29, 1.82) is 0 Å². The molecule has 0 saturated carbocycles. The number of hydrogen-bond donors (Lipinski definition) is 2. The molecule has 0 aliphatic carbocycles. The molecule has 0 aromatic heterocycles. The summed E-state index contributed by atoms with van der Waals surface area (Å²) in [4.78, 5) is 57.1. The first-order valence-electron chi connectivity index (χ1n) is 11.8. The van der Waals surface area contributed by atoms with Crippen LogP contribution in [-0.2, 0) is 19.1 Å². The fourth-order valence-electron chi connectivity index (χ4n) is 5.63. The lowest BCUT2D eigenvalue weighted by molar-refractivity contribution is -0.172. The molecule has 3 rings (SSSR count). The smallest absolute Gasteiger partial charge is 0.336 e. The number of nitrogens with two attached hydrogens (primary N) is 2. The lowest BCUT2D eigenvalue weighted by atomic mass is 9.74. The van der Waals surface area contributed by atoms with Crippen LogP contribution in [0.4, 0.5) is 4.79 Å². The zero-order chi connectivity index (χ0) is 25.6. The summed E-state index contributed by atoms with van der Waals surface area (Å²) >= 11 is 0. The van der Waals surface area contributed by atoms with Gasteiger partial charge in [-0.1, -0.05) is 5.92 Å². The minimum absolute atomic E-state index is 0.0992. The SMILES string of the molecule is C#C[C@H]1CC[C@@H](C(N)=O)N1C(=O)[C@](N)(C(=O)OC(C)(C)C)C1CC2CCC(C1)N2C(=O)N(C)C. The number of esters is 1. The van der Waals surface area contributed by atoms with Crippen LogP contribution in [0.25, 0.3) is 0 Å². The third-order valence-electron chi connectivity index (χ3n) is 7.21. The van der Waals surface area contributed by atoms with Gasteiger partial charge < -0.3 is 30.9 Å². The highest BCUT2D eigenvalue weighted by molar-refractivity contribution is 6.09. The van der Waals surface area contributed by atoms with Gasteiger partial charge in [-0.2, -0.15) is 0 Å². The number of primary amides is 1. The van der Waals surface area contributed by atoms with Crippen LogP contribution < -0.4 is 11.5 Å². The van der Waals surface area contributed by atoms with E-state index in [0.29, 0.717) is 25.7 Å². The zero-order valence-electron chi connectivity index (χ0n) is 20.7. The van der Waals surface area contributed by atoms with Crippen molar-refractivity contribution in [2.24, 2.45) is 17.4 Å². The molecule has 3 saturated heterocycles. The number of piperidine rings is 1. The molecule has 2 bridgehead atoms. The molecule has 188 valence electrons. The molecule has 3 fully saturated rings. The highest BCUT2D eigenvalue weighted by Gasteiger charge is 2.60. The first kappa shape index (κ1) is 25.8. The summed E-state index contributed by atoms with van der Waals surface area (Å²) in [5.41, 5.74) is 9.38. The molecule has 34 heavy (non-hydrogen) atoms. The summed E-state index contributed by atoms with van der Waals surface area (Å²) < 4.78 is 5.64. The quantitative estimate of drug-likeness (QED) is 0.343. The van der Waals surface area contributed by atoms with Crippen LogP contribution in [0.5, 0.6) is 0 Å². The Morgan fingerprint density at radius 3 is 2.00 bits per heavy atom. The number of urea groups is 1. The van der Waals surface area contributed by atoms with E-state index >= 15 is 0 Å². The van der Waals surface area contributed by atoms with Crippen molar-refractivity contribution >= 4 is 23.8 Å². The van der Waals surface area contributed by atoms with Gasteiger partial charge in [0.1, 0.15) is 11.6 Å². The second kappa shape index (κ2) is 9.10. The molecule has 4 N–H and O–H groups in total. The van der Waals surface area contributed by atoms with Crippen molar-refractivity contribution in [3.63, 3.8) is 0 Å². The average molecular weight is 476 g/mol. The number of rotatable bonds is 4. The normalized spacial score (nSPS) is 30.3. The van der Waals surface area contributed by atoms with Crippen molar-refractivity contribution in [1.82, 2.24) is 14.7 Å². The van der Waals surface area contributed by atoms with Gasteiger partial charge in [0.25, 0.3) is 5.91 Å². The molecule has 0 aromatic rings. The van der Waals surface area contributed by atoms with E-state index in [4.69, 9.17) is 22.6 Å². The molecule has 4 amide bonds. The van der Waals surface area contributed by atoms with E-state index in [2.05, 4.69) is 5.92 Å². The molecule has 2 unspecified atom stereocenters. The van der Waals surface area contributed by atoms with E-state index in [1.54, 1.807) is 34.9 Å². The molecular weight excluding hydrogens is 438 g/mol. The average Bonchev–Trinajstić information content (AvgIpc) is 3.28.